The van der Waals surface area contributed by atoms with Gasteiger partial charge in [0.05, 0.1) is 7.11 Å². The number of hydrogen-bond acceptors (Lipinski definition) is 4. The molecule has 0 radical (unpaired) electrons. The molecule has 0 aliphatic heterocycles. The number of carbonyl (C=O) groups excluding carboxylic acids is 3. The van der Waals surface area contributed by atoms with E-state index in [1.54, 1.807) is 0 Å². The van der Waals surface area contributed by atoms with Crippen LogP contribution in [0.25, 0.3) is 0 Å². The molecule has 0 rings (SSSR count). The lowest BCUT2D eigenvalue weighted by molar-refractivity contribution is -0.156. The molecule has 14 heteroatoms. The minimum Gasteiger partial charge on any atom is -0.469 e. The SMILES string of the molecule is COC(=O)CC(=O)CC(F)(F)F.I.II.O=C(Cl)CC(F)(F)F. The van der Waals surface area contributed by atoms with E-state index in [4.69, 9.17) is 0 Å². The summed E-state index contributed by atoms with van der Waals surface area (Å²) >= 11 is 8.64. The number of ether oxygens (including phenoxy) is 1. The van der Waals surface area contributed by atoms with E-state index in [1.807, 2.05) is 0 Å². The third kappa shape index (κ3) is 35.0. The van der Waals surface area contributed by atoms with Gasteiger partial charge in [-0.15, -0.1) is 24.0 Å². The van der Waals surface area contributed by atoms with Gasteiger partial charge in [-0.2, -0.15) is 26.3 Å². The topological polar surface area (TPSA) is 60.4 Å². The molecule has 0 aliphatic rings. The van der Waals surface area contributed by atoms with E-state index in [9.17, 15) is 40.7 Å². The quantitative estimate of drug-likeness (QED) is 0.133. The Bertz CT molecular complexity index is 362. The summed E-state index contributed by atoms with van der Waals surface area (Å²) in [6.07, 6.45) is -13.0. The molecule has 0 unspecified atom stereocenters. The predicted octanol–water partition coefficient (Wildman–Crippen LogP) is 5.16. The highest BCUT2D eigenvalue weighted by Gasteiger charge is 2.31. The van der Waals surface area contributed by atoms with E-state index in [0.29, 0.717) is 0 Å². The van der Waals surface area contributed by atoms with Crippen LogP contribution in [0.1, 0.15) is 19.3 Å². The van der Waals surface area contributed by atoms with E-state index in [-0.39, 0.29) is 24.0 Å². The summed E-state index contributed by atoms with van der Waals surface area (Å²) in [6.45, 7) is 0. The zero-order chi connectivity index (χ0) is 18.6. The maximum atomic E-state index is 11.5. The van der Waals surface area contributed by atoms with Gasteiger partial charge < -0.3 is 4.74 Å². The molecule has 0 aromatic carbocycles. The molecule has 0 fully saturated rings. The van der Waals surface area contributed by atoms with Gasteiger partial charge in [0.2, 0.25) is 5.24 Å². The Morgan fingerprint density at radius 2 is 1.30 bits per heavy atom. The molecule has 0 aromatic rings. The van der Waals surface area contributed by atoms with E-state index in [1.165, 1.54) is 0 Å². The van der Waals surface area contributed by atoms with Crippen LogP contribution in [-0.4, -0.2) is 36.5 Å². The van der Waals surface area contributed by atoms with Crippen LogP contribution in [0.3, 0.4) is 0 Å². The van der Waals surface area contributed by atoms with Crippen LogP contribution in [0, 0.1) is 0 Å². The summed E-state index contributed by atoms with van der Waals surface area (Å²) in [5.74, 6) is -2.14. The van der Waals surface area contributed by atoms with Crippen LogP contribution in [0.5, 0.6) is 0 Å². The summed E-state index contributed by atoms with van der Waals surface area (Å²) in [6, 6.07) is 0. The van der Waals surface area contributed by atoms with Gasteiger partial charge in [0.25, 0.3) is 0 Å². The van der Waals surface area contributed by atoms with Crippen molar-refractivity contribution in [3.05, 3.63) is 0 Å². The second-order valence-corrected chi connectivity index (χ2v) is 3.65. The average molecular weight is 712 g/mol. The maximum absolute atomic E-state index is 11.5. The molecule has 0 saturated heterocycles. The molecular weight excluding hydrogens is 702 g/mol. The van der Waals surface area contributed by atoms with Gasteiger partial charge in [0.15, 0.2) is 5.78 Å². The van der Waals surface area contributed by atoms with Gasteiger partial charge in [-0.25, -0.2) is 0 Å². The molecule has 0 aliphatic carbocycles. The monoisotopic (exact) mass is 712 g/mol. The molecular formula is C9H10ClF6I3O4. The number of carbonyl (C=O) groups is 3. The standard InChI is InChI=1S/C6H7F3O3.C3H2ClF3O.I2.HI/c1-12-5(11)2-4(10)3-6(7,8)9;4-2(8)1-3(5,6)7;1-2;/h2-3H2,1H3;1H2;;1H. The van der Waals surface area contributed by atoms with Crippen LogP contribution >= 0.6 is 72.8 Å². The first kappa shape index (κ1) is 31.6. The van der Waals surface area contributed by atoms with Crippen LogP contribution in [-0.2, 0) is 19.1 Å². The number of esters is 1. The van der Waals surface area contributed by atoms with Crippen LogP contribution < -0.4 is 0 Å². The van der Waals surface area contributed by atoms with Gasteiger partial charge in [0.1, 0.15) is 19.3 Å². The normalized spacial score (nSPS) is 10.0. The van der Waals surface area contributed by atoms with Crippen molar-refractivity contribution in [3.8, 4) is 0 Å². The number of rotatable bonds is 4. The number of Topliss-reactive ketones (excluding diaryl/α,β-unsaturated/α-hetero) is 1. The molecule has 0 spiro atoms. The Balaban J connectivity index is -0.000000144. The Hall–Kier alpha value is 0.870. The van der Waals surface area contributed by atoms with Gasteiger partial charge in [0, 0.05) is 37.2 Å². The smallest absolute Gasteiger partial charge is 0.397 e. The average Bonchev–Trinajstić information content (AvgIpc) is 2.26. The zero-order valence-electron chi connectivity index (χ0n) is 11.1. The summed E-state index contributed by atoms with van der Waals surface area (Å²) < 4.78 is 71.5. The van der Waals surface area contributed by atoms with Crippen LogP contribution in [0.15, 0.2) is 0 Å². The minimum atomic E-state index is -4.55. The number of alkyl halides is 6. The largest absolute Gasteiger partial charge is 0.469 e. The van der Waals surface area contributed by atoms with E-state index in [0.717, 1.165) is 7.11 Å². The lowest BCUT2D eigenvalue weighted by Gasteiger charge is -2.03. The van der Waals surface area contributed by atoms with Crippen molar-refractivity contribution in [3.63, 3.8) is 0 Å². The molecule has 0 amide bonds. The van der Waals surface area contributed by atoms with E-state index >= 15 is 0 Å². The second kappa shape index (κ2) is 16.3. The number of methoxy groups -OCH3 is 1. The summed E-state index contributed by atoms with van der Waals surface area (Å²) in [4.78, 5) is 30.2. The zero-order valence-corrected chi connectivity index (χ0v) is 18.5. The number of hydrogen-bond donors (Lipinski definition) is 0. The molecule has 0 N–H and O–H groups in total. The third-order valence-electron chi connectivity index (χ3n) is 1.31. The molecule has 0 aromatic heterocycles. The third-order valence-corrected chi connectivity index (χ3v) is 1.44. The lowest BCUT2D eigenvalue weighted by atomic mass is 10.2. The highest BCUT2D eigenvalue weighted by Crippen LogP contribution is 2.20. The van der Waals surface area contributed by atoms with Gasteiger partial charge in [-0.1, -0.05) is 0 Å². The molecule has 0 atom stereocenters. The molecule has 0 saturated carbocycles. The van der Waals surface area contributed by atoms with Crippen molar-refractivity contribution in [2.75, 3.05) is 7.11 Å². The Morgan fingerprint density at radius 1 is 0.957 bits per heavy atom. The Kier molecular flexibility index (Phi) is 22.5. The van der Waals surface area contributed by atoms with Crippen molar-refractivity contribution in [2.24, 2.45) is 0 Å². The summed E-state index contributed by atoms with van der Waals surface area (Å²) in [5, 5.41) is -1.38. The molecule has 0 heterocycles. The first-order valence-electron chi connectivity index (χ1n) is 4.81. The van der Waals surface area contributed by atoms with Gasteiger partial charge in [-0.05, 0) is 11.6 Å². The van der Waals surface area contributed by atoms with E-state index in [2.05, 4.69) is 53.6 Å². The van der Waals surface area contributed by atoms with Gasteiger partial charge in [-0.3, -0.25) is 14.4 Å². The molecule has 23 heavy (non-hydrogen) atoms. The first-order chi connectivity index (χ1) is 9.76. The van der Waals surface area contributed by atoms with E-state index < -0.39 is 48.6 Å². The molecule has 4 nitrogen and oxygen atoms in total. The predicted molar refractivity (Wildman–Crippen MR) is 97.3 cm³/mol. The fourth-order valence-electron chi connectivity index (χ4n) is 0.677. The fraction of sp³-hybridized carbons (Fsp3) is 0.667. The highest BCUT2D eigenvalue weighted by atomic mass is 128. The van der Waals surface area contributed by atoms with Gasteiger partial charge >= 0.3 is 18.3 Å². The van der Waals surface area contributed by atoms with Crippen molar-refractivity contribution < 1.29 is 45.5 Å². The minimum absolute atomic E-state index is 0. The van der Waals surface area contributed by atoms with Crippen molar-refractivity contribution in [2.45, 2.75) is 31.6 Å². The first-order valence-corrected chi connectivity index (χ1v) is 11.5. The van der Waals surface area contributed by atoms with Crippen LogP contribution in [0.4, 0.5) is 26.3 Å². The van der Waals surface area contributed by atoms with Crippen molar-refractivity contribution in [1.29, 1.82) is 0 Å². The Labute approximate surface area is 172 Å². The summed E-state index contributed by atoms with van der Waals surface area (Å²) in [7, 11) is 1.00. The number of ketones is 1. The van der Waals surface area contributed by atoms with Crippen LogP contribution in [0.2, 0.25) is 0 Å². The highest BCUT2D eigenvalue weighted by molar-refractivity contribution is 15.0. The second-order valence-electron chi connectivity index (χ2n) is 3.23. The maximum Gasteiger partial charge on any atom is 0.397 e. The van der Waals surface area contributed by atoms with Crippen molar-refractivity contribution >= 4 is 89.8 Å². The molecule has 140 valence electrons. The Morgan fingerprint density at radius 3 is 1.48 bits per heavy atom. The molecule has 0 bridgehead atoms. The summed E-state index contributed by atoms with van der Waals surface area (Å²) in [5.41, 5.74) is 0. The fourth-order valence-corrected chi connectivity index (χ4v) is 0.828. The van der Waals surface area contributed by atoms with Crippen molar-refractivity contribution in [1.82, 2.24) is 0 Å². The lowest BCUT2D eigenvalue weighted by Crippen LogP contribution is -2.18. The number of halogens is 10.